The van der Waals surface area contributed by atoms with Crippen molar-refractivity contribution >= 4 is 21.9 Å². The van der Waals surface area contributed by atoms with Crippen molar-refractivity contribution in [3.63, 3.8) is 0 Å². The lowest BCUT2D eigenvalue weighted by Crippen LogP contribution is -2.44. The van der Waals surface area contributed by atoms with Gasteiger partial charge in [-0.2, -0.15) is 0 Å². The number of nitrogens with zero attached hydrogens (tertiary/aromatic N) is 1. The number of carbonyl (C=O) groups is 2. The van der Waals surface area contributed by atoms with E-state index in [2.05, 4.69) is 4.72 Å². The van der Waals surface area contributed by atoms with Gasteiger partial charge in [0.1, 0.15) is 0 Å². The number of hydrogen-bond acceptors (Lipinski definition) is 4. The van der Waals surface area contributed by atoms with E-state index in [-0.39, 0.29) is 12.5 Å². The number of likely N-dealkylation sites (tertiary alicyclic amines) is 1. The summed E-state index contributed by atoms with van der Waals surface area (Å²) in [7, 11) is -3.83. The van der Waals surface area contributed by atoms with Gasteiger partial charge in [0.05, 0.1) is 0 Å². The maximum Gasteiger partial charge on any atom is 0.320 e. The highest BCUT2D eigenvalue weighted by Gasteiger charge is 2.24. The molecule has 17 heavy (non-hydrogen) atoms. The summed E-state index contributed by atoms with van der Waals surface area (Å²) in [5.74, 6) is -2.35. The van der Waals surface area contributed by atoms with Crippen molar-refractivity contribution in [2.75, 3.05) is 18.8 Å². The van der Waals surface area contributed by atoms with Gasteiger partial charge in [-0.1, -0.05) is 0 Å². The Morgan fingerprint density at radius 1 is 1.59 bits per heavy atom. The molecule has 0 spiro atoms. The molecule has 2 N–H and O–H groups in total. The molecule has 7 nitrogen and oxygen atoms in total. The van der Waals surface area contributed by atoms with Gasteiger partial charge in [-0.3, -0.25) is 9.59 Å². The SMILES string of the molecule is CC(CN1CCCC1=O)NS(=O)(=O)CC(=O)O. The minimum Gasteiger partial charge on any atom is -0.480 e. The number of carbonyl (C=O) groups excluding carboxylic acids is 1. The quantitative estimate of drug-likeness (QED) is 0.640. The fourth-order valence-electron chi connectivity index (χ4n) is 1.78. The molecule has 0 aromatic rings. The van der Waals surface area contributed by atoms with Crippen LogP contribution < -0.4 is 4.72 Å². The van der Waals surface area contributed by atoms with Gasteiger partial charge in [-0.25, -0.2) is 13.1 Å². The molecule has 1 fully saturated rings. The molecule has 1 heterocycles. The van der Waals surface area contributed by atoms with Crippen LogP contribution >= 0.6 is 0 Å². The second kappa shape index (κ2) is 5.46. The van der Waals surface area contributed by atoms with Gasteiger partial charge >= 0.3 is 5.97 Å². The Balaban J connectivity index is 2.46. The standard InChI is InChI=1S/C9H16N2O5S/c1-7(5-11-4-2-3-8(11)12)10-17(15,16)6-9(13)14/h7,10H,2-6H2,1H3,(H,13,14). The predicted octanol–water partition coefficient (Wildman–Crippen LogP) is -0.999. The monoisotopic (exact) mass is 264 g/mol. The summed E-state index contributed by atoms with van der Waals surface area (Å²) in [5, 5.41) is 8.40. The largest absolute Gasteiger partial charge is 0.480 e. The van der Waals surface area contributed by atoms with Crippen LogP contribution in [0.3, 0.4) is 0 Å². The van der Waals surface area contributed by atoms with Crippen LogP contribution in [0.5, 0.6) is 0 Å². The van der Waals surface area contributed by atoms with Gasteiger partial charge in [0.25, 0.3) is 0 Å². The lowest BCUT2D eigenvalue weighted by molar-refractivity contribution is -0.134. The highest BCUT2D eigenvalue weighted by molar-refractivity contribution is 7.90. The van der Waals surface area contributed by atoms with E-state index in [1.807, 2.05) is 0 Å². The summed E-state index contributed by atoms with van der Waals surface area (Å²) in [5.41, 5.74) is 0. The number of carboxylic acid groups (broad SMARTS) is 1. The minimum atomic E-state index is -3.83. The van der Waals surface area contributed by atoms with Crippen molar-refractivity contribution in [3.8, 4) is 0 Å². The lowest BCUT2D eigenvalue weighted by atomic mass is 10.3. The number of aliphatic carboxylic acids is 1. The molecule has 1 aliphatic heterocycles. The van der Waals surface area contributed by atoms with Crippen LogP contribution in [0.25, 0.3) is 0 Å². The summed E-state index contributed by atoms with van der Waals surface area (Å²) in [6.07, 6.45) is 1.28. The summed E-state index contributed by atoms with van der Waals surface area (Å²) in [6.45, 7) is 2.51. The predicted molar refractivity (Wildman–Crippen MR) is 59.8 cm³/mol. The van der Waals surface area contributed by atoms with Gasteiger partial charge in [-0.05, 0) is 13.3 Å². The first-order valence-electron chi connectivity index (χ1n) is 5.30. The van der Waals surface area contributed by atoms with E-state index >= 15 is 0 Å². The molecular weight excluding hydrogens is 248 g/mol. The molecule has 1 amide bonds. The number of sulfonamides is 1. The highest BCUT2D eigenvalue weighted by atomic mass is 32.2. The molecule has 1 aliphatic rings. The number of rotatable bonds is 6. The average molecular weight is 264 g/mol. The zero-order chi connectivity index (χ0) is 13.1. The number of nitrogens with one attached hydrogen (secondary N) is 1. The molecule has 0 aliphatic carbocycles. The van der Waals surface area contributed by atoms with Crippen molar-refractivity contribution in [3.05, 3.63) is 0 Å². The van der Waals surface area contributed by atoms with Gasteiger partial charge in [0, 0.05) is 25.6 Å². The minimum absolute atomic E-state index is 0.00859. The van der Waals surface area contributed by atoms with E-state index in [0.29, 0.717) is 13.0 Å². The normalized spacial score (nSPS) is 18.4. The number of amides is 1. The van der Waals surface area contributed by atoms with E-state index in [9.17, 15) is 18.0 Å². The van der Waals surface area contributed by atoms with Gasteiger partial charge in [0.15, 0.2) is 5.75 Å². The van der Waals surface area contributed by atoms with Gasteiger partial charge in [-0.15, -0.1) is 0 Å². The van der Waals surface area contributed by atoms with Crippen LogP contribution in [0.2, 0.25) is 0 Å². The third-order valence-electron chi connectivity index (χ3n) is 2.36. The van der Waals surface area contributed by atoms with E-state index in [1.54, 1.807) is 11.8 Å². The second-order valence-corrected chi connectivity index (χ2v) is 5.87. The van der Waals surface area contributed by atoms with E-state index in [1.165, 1.54) is 0 Å². The Morgan fingerprint density at radius 3 is 2.71 bits per heavy atom. The Bertz CT molecular complexity index is 406. The van der Waals surface area contributed by atoms with Gasteiger partial charge in [0.2, 0.25) is 15.9 Å². The molecule has 0 saturated carbocycles. The van der Waals surface area contributed by atoms with Crippen molar-refractivity contribution in [1.29, 1.82) is 0 Å². The molecule has 8 heteroatoms. The Hall–Kier alpha value is -1.15. The molecule has 0 aromatic heterocycles. The van der Waals surface area contributed by atoms with Crippen LogP contribution in [0.4, 0.5) is 0 Å². The molecule has 0 radical (unpaired) electrons. The highest BCUT2D eigenvalue weighted by Crippen LogP contribution is 2.09. The average Bonchev–Trinajstić information content (AvgIpc) is 2.47. The van der Waals surface area contributed by atoms with E-state index in [0.717, 1.165) is 6.42 Å². The lowest BCUT2D eigenvalue weighted by Gasteiger charge is -2.21. The summed E-state index contributed by atoms with van der Waals surface area (Å²) < 4.78 is 24.9. The maximum absolute atomic E-state index is 11.3. The summed E-state index contributed by atoms with van der Waals surface area (Å²) in [6, 6.07) is -0.485. The van der Waals surface area contributed by atoms with Crippen molar-refractivity contribution < 1.29 is 23.1 Å². The topological polar surface area (TPSA) is 104 Å². The molecule has 1 unspecified atom stereocenters. The fourth-order valence-corrected chi connectivity index (χ4v) is 2.87. The zero-order valence-corrected chi connectivity index (χ0v) is 10.4. The first kappa shape index (κ1) is 13.9. The summed E-state index contributed by atoms with van der Waals surface area (Å²) >= 11 is 0. The van der Waals surface area contributed by atoms with Crippen LogP contribution in [0.1, 0.15) is 19.8 Å². The Kier molecular flexibility index (Phi) is 4.47. The van der Waals surface area contributed by atoms with Crippen LogP contribution in [0.15, 0.2) is 0 Å². The fraction of sp³-hybridized carbons (Fsp3) is 0.778. The maximum atomic E-state index is 11.3. The molecule has 1 rings (SSSR count). The molecule has 1 saturated heterocycles. The van der Waals surface area contributed by atoms with Crippen molar-refractivity contribution in [1.82, 2.24) is 9.62 Å². The Labute approximate surface area is 99.8 Å². The van der Waals surface area contributed by atoms with Crippen LogP contribution in [-0.2, 0) is 19.6 Å². The molecule has 0 bridgehead atoms. The van der Waals surface area contributed by atoms with Crippen LogP contribution in [0, 0.1) is 0 Å². The third-order valence-corrected chi connectivity index (χ3v) is 3.75. The second-order valence-electron chi connectivity index (χ2n) is 4.12. The first-order valence-corrected chi connectivity index (χ1v) is 6.95. The molecule has 0 aromatic carbocycles. The van der Waals surface area contributed by atoms with Crippen molar-refractivity contribution in [2.24, 2.45) is 0 Å². The van der Waals surface area contributed by atoms with E-state index < -0.39 is 27.8 Å². The van der Waals surface area contributed by atoms with Crippen molar-refractivity contribution in [2.45, 2.75) is 25.8 Å². The summed E-state index contributed by atoms with van der Waals surface area (Å²) in [4.78, 5) is 23.2. The van der Waals surface area contributed by atoms with Gasteiger partial charge < -0.3 is 10.0 Å². The third kappa shape index (κ3) is 4.70. The molecule has 1 atom stereocenters. The first-order chi connectivity index (χ1) is 7.80. The molecule has 98 valence electrons. The number of hydrogen-bond donors (Lipinski definition) is 2. The Morgan fingerprint density at radius 2 is 2.24 bits per heavy atom. The number of carboxylic acids is 1. The molecular formula is C9H16N2O5S. The van der Waals surface area contributed by atoms with E-state index in [4.69, 9.17) is 5.11 Å². The zero-order valence-electron chi connectivity index (χ0n) is 9.55. The van der Waals surface area contributed by atoms with Crippen LogP contribution in [-0.4, -0.2) is 55.2 Å². The smallest absolute Gasteiger partial charge is 0.320 e.